The van der Waals surface area contributed by atoms with Crippen LogP contribution in [-0.4, -0.2) is 39.8 Å². The maximum absolute atomic E-state index is 11.7. The summed E-state index contributed by atoms with van der Waals surface area (Å²) >= 11 is 0. The zero-order valence-corrected chi connectivity index (χ0v) is 11.4. The number of aromatic nitrogens is 4. The molecule has 0 saturated heterocycles. The predicted octanol–water partition coefficient (Wildman–Crippen LogP) is 0.857. The lowest BCUT2D eigenvalue weighted by Gasteiger charge is -2.26. The van der Waals surface area contributed by atoms with Crippen LogP contribution in [0, 0.1) is 6.92 Å². The first-order valence-corrected chi connectivity index (χ1v) is 6.38. The molecule has 3 heterocycles. The van der Waals surface area contributed by atoms with Crippen LogP contribution in [0.3, 0.4) is 0 Å². The number of carbonyl (C=O) groups excluding carboxylic acids is 1. The summed E-state index contributed by atoms with van der Waals surface area (Å²) in [7, 11) is 1.35. The largest absolute Gasteiger partial charge is 0.464 e. The number of anilines is 1. The molecule has 0 amide bonds. The summed E-state index contributed by atoms with van der Waals surface area (Å²) < 4.78 is 4.75. The molecule has 0 bridgehead atoms. The fourth-order valence-electron chi connectivity index (χ4n) is 2.32. The van der Waals surface area contributed by atoms with Gasteiger partial charge in [0.05, 0.1) is 13.7 Å². The molecule has 0 unspecified atom stereocenters. The zero-order valence-electron chi connectivity index (χ0n) is 11.4. The van der Waals surface area contributed by atoms with E-state index in [-0.39, 0.29) is 0 Å². The minimum atomic E-state index is -0.422. The van der Waals surface area contributed by atoms with Crippen LogP contribution in [0.25, 0.3) is 0 Å². The van der Waals surface area contributed by atoms with E-state index in [1.807, 2.05) is 17.9 Å². The van der Waals surface area contributed by atoms with Crippen molar-refractivity contribution in [2.24, 2.45) is 0 Å². The molecule has 104 valence electrons. The molecule has 1 aliphatic rings. The molecule has 0 saturated carbocycles. The molecular formula is C13H15N5O2. The maximum Gasteiger partial charge on any atom is 0.358 e. The number of fused-ring (bicyclic) bond motifs is 1. The van der Waals surface area contributed by atoms with Crippen LogP contribution < -0.4 is 4.90 Å². The second kappa shape index (κ2) is 4.92. The molecule has 3 rings (SSSR count). The number of H-pyrrole nitrogens is 1. The Kier molecular flexibility index (Phi) is 3.09. The Morgan fingerprint density at radius 1 is 1.50 bits per heavy atom. The van der Waals surface area contributed by atoms with Crippen molar-refractivity contribution in [3.63, 3.8) is 0 Å². The van der Waals surface area contributed by atoms with Gasteiger partial charge in [0.15, 0.2) is 5.69 Å². The second-order valence-electron chi connectivity index (χ2n) is 4.69. The third-order valence-corrected chi connectivity index (χ3v) is 3.38. The van der Waals surface area contributed by atoms with Crippen LogP contribution in [0.15, 0.2) is 12.3 Å². The van der Waals surface area contributed by atoms with E-state index in [2.05, 4.69) is 20.2 Å². The Hall–Kier alpha value is -2.44. The SMILES string of the molecule is COC(=O)c1n[nH]c2c1CN(c1nccc(C)n1)CC2. The minimum absolute atomic E-state index is 0.347. The molecule has 0 atom stereocenters. The summed E-state index contributed by atoms with van der Waals surface area (Å²) in [5.74, 6) is 0.252. The van der Waals surface area contributed by atoms with Crippen LogP contribution in [-0.2, 0) is 17.7 Å². The van der Waals surface area contributed by atoms with Crippen LogP contribution in [0.4, 0.5) is 5.95 Å². The van der Waals surface area contributed by atoms with Gasteiger partial charge < -0.3 is 9.64 Å². The first-order chi connectivity index (χ1) is 9.69. The zero-order chi connectivity index (χ0) is 14.1. The highest BCUT2D eigenvalue weighted by Crippen LogP contribution is 2.23. The highest BCUT2D eigenvalue weighted by molar-refractivity contribution is 5.89. The van der Waals surface area contributed by atoms with Crippen LogP contribution in [0.2, 0.25) is 0 Å². The summed E-state index contributed by atoms with van der Waals surface area (Å²) in [5, 5.41) is 6.95. The van der Waals surface area contributed by atoms with E-state index in [0.717, 1.165) is 29.9 Å². The Labute approximate surface area is 116 Å². The van der Waals surface area contributed by atoms with Crippen molar-refractivity contribution in [2.75, 3.05) is 18.6 Å². The maximum atomic E-state index is 11.7. The van der Waals surface area contributed by atoms with Crippen molar-refractivity contribution >= 4 is 11.9 Å². The van der Waals surface area contributed by atoms with Crippen molar-refractivity contribution in [2.45, 2.75) is 19.9 Å². The van der Waals surface area contributed by atoms with Crippen molar-refractivity contribution < 1.29 is 9.53 Å². The number of esters is 1. The topological polar surface area (TPSA) is 84.0 Å². The standard InChI is InChI=1S/C13H15N5O2/c1-8-3-5-14-13(15-8)18-6-4-10-9(7-18)11(17-16-10)12(19)20-2/h3,5H,4,6-7H2,1-2H3,(H,16,17). The number of hydrogen-bond acceptors (Lipinski definition) is 6. The number of rotatable bonds is 2. The third kappa shape index (κ3) is 2.11. The van der Waals surface area contributed by atoms with Crippen LogP contribution >= 0.6 is 0 Å². The van der Waals surface area contributed by atoms with Gasteiger partial charge in [-0.2, -0.15) is 5.10 Å². The van der Waals surface area contributed by atoms with E-state index in [9.17, 15) is 4.79 Å². The Morgan fingerprint density at radius 3 is 3.10 bits per heavy atom. The molecule has 1 aliphatic heterocycles. The smallest absolute Gasteiger partial charge is 0.358 e. The third-order valence-electron chi connectivity index (χ3n) is 3.38. The average molecular weight is 273 g/mol. The van der Waals surface area contributed by atoms with E-state index in [1.54, 1.807) is 6.20 Å². The fourth-order valence-corrected chi connectivity index (χ4v) is 2.32. The average Bonchev–Trinajstić information content (AvgIpc) is 2.89. The van der Waals surface area contributed by atoms with Gasteiger partial charge in [0.2, 0.25) is 5.95 Å². The van der Waals surface area contributed by atoms with Crippen LogP contribution in [0.1, 0.15) is 27.4 Å². The van der Waals surface area contributed by atoms with E-state index in [0.29, 0.717) is 18.2 Å². The number of nitrogens with one attached hydrogen (secondary N) is 1. The van der Waals surface area contributed by atoms with Gasteiger partial charge in [-0.1, -0.05) is 0 Å². The van der Waals surface area contributed by atoms with E-state index >= 15 is 0 Å². The highest BCUT2D eigenvalue weighted by atomic mass is 16.5. The summed E-state index contributed by atoms with van der Waals surface area (Å²) in [5.41, 5.74) is 3.11. The molecule has 1 N–H and O–H groups in total. The van der Waals surface area contributed by atoms with Crippen molar-refractivity contribution in [3.05, 3.63) is 34.9 Å². The number of aromatic amines is 1. The molecular weight excluding hydrogens is 258 g/mol. The normalized spacial score (nSPS) is 14.0. The number of nitrogens with zero attached hydrogens (tertiary/aromatic N) is 4. The van der Waals surface area contributed by atoms with Gasteiger partial charge in [-0.15, -0.1) is 0 Å². The lowest BCUT2D eigenvalue weighted by molar-refractivity contribution is 0.0592. The second-order valence-corrected chi connectivity index (χ2v) is 4.69. The summed E-state index contributed by atoms with van der Waals surface area (Å²) in [6.45, 7) is 3.28. The van der Waals surface area contributed by atoms with Gasteiger partial charge >= 0.3 is 5.97 Å². The fraction of sp³-hybridized carbons (Fsp3) is 0.385. The molecule has 7 heteroatoms. The molecule has 20 heavy (non-hydrogen) atoms. The van der Waals surface area contributed by atoms with Gasteiger partial charge in [-0.25, -0.2) is 14.8 Å². The monoisotopic (exact) mass is 273 g/mol. The molecule has 0 aromatic carbocycles. The Balaban J connectivity index is 1.91. The predicted molar refractivity (Wildman–Crippen MR) is 71.5 cm³/mol. The molecule has 0 spiro atoms. The highest BCUT2D eigenvalue weighted by Gasteiger charge is 2.26. The lowest BCUT2D eigenvalue weighted by Crippen LogP contribution is -2.32. The quantitative estimate of drug-likeness (QED) is 0.817. The number of methoxy groups -OCH3 is 1. The Morgan fingerprint density at radius 2 is 2.35 bits per heavy atom. The van der Waals surface area contributed by atoms with Crippen molar-refractivity contribution in [1.29, 1.82) is 0 Å². The van der Waals surface area contributed by atoms with Crippen molar-refractivity contribution in [1.82, 2.24) is 20.2 Å². The van der Waals surface area contributed by atoms with Gasteiger partial charge in [0, 0.05) is 36.1 Å². The molecule has 0 aliphatic carbocycles. The van der Waals surface area contributed by atoms with Gasteiger partial charge in [-0.3, -0.25) is 5.10 Å². The molecule has 0 fully saturated rings. The molecule has 7 nitrogen and oxygen atoms in total. The Bertz CT molecular complexity index is 652. The summed E-state index contributed by atoms with van der Waals surface area (Å²) in [6.07, 6.45) is 2.51. The lowest BCUT2D eigenvalue weighted by atomic mass is 10.1. The molecule has 2 aromatic heterocycles. The summed E-state index contributed by atoms with van der Waals surface area (Å²) in [4.78, 5) is 22.4. The van der Waals surface area contributed by atoms with Gasteiger partial charge in [0.1, 0.15) is 0 Å². The number of carbonyl (C=O) groups is 1. The summed E-state index contributed by atoms with van der Waals surface area (Å²) in [6, 6.07) is 1.86. The van der Waals surface area contributed by atoms with Gasteiger partial charge in [0.25, 0.3) is 0 Å². The number of aryl methyl sites for hydroxylation is 1. The van der Waals surface area contributed by atoms with E-state index < -0.39 is 5.97 Å². The molecule has 0 radical (unpaired) electrons. The van der Waals surface area contributed by atoms with Crippen molar-refractivity contribution in [3.8, 4) is 0 Å². The number of ether oxygens (including phenoxy) is 1. The van der Waals surface area contributed by atoms with Crippen LogP contribution in [0.5, 0.6) is 0 Å². The number of hydrogen-bond donors (Lipinski definition) is 1. The van der Waals surface area contributed by atoms with Gasteiger partial charge in [-0.05, 0) is 13.0 Å². The van der Waals surface area contributed by atoms with E-state index in [4.69, 9.17) is 4.74 Å². The van der Waals surface area contributed by atoms with E-state index in [1.165, 1.54) is 7.11 Å². The first kappa shape index (κ1) is 12.6. The molecule has 2 aromatic rings. The first-order valence-electron chi connectivity index (χ1n) is 6.38. The minimum Gasteiger partial charge on any atom is -0.464 e.